The molecule has 0 aromatic heterocycles. The molecule has 0 aliphatic carbocycles. The van der Waals surface area contributed by atoms with E-state index in [1.54, 1.807) is 7.11 Å². The molecule has 1 fully saturated rings. The van der Waals surface area contributed by atoms with Crippen LogP contribution in [-0.4, -0.2) is 37.8 Å². The second-order valence-electron chi connectivity index (χ2n) is 8.47. The molecule has 1 heterocycles. The number of benzene rings is 3. The molecule has 0 N–H and O–H groups in total. The second-order valence-corrected chi connectivity index (χ2v) is 8.47. The third-order valence-electron chi connectivity index (χ3n) is 6.08. The van der Waals surface area contributed by atoms with E-state index >= 15 is 0 Å². The summed E-state index contributed by atoms with van der Waals surface area (Å²) < 4.78 is 31.4. The van der Waals surface area contributed by atoms with E-state index in [-0.39, 0.29) is 18.3 Å². The first-order valence-corrected chi connectivity index (χ1v) is 11.9. The molecule has 5 heteroatoms. The van der Waals surface area contributed by atoms with Gasteiger partial charge in [-0.1, -0.05) is 97.9 Å². The summed E-state index contributed by atoms with van der Waals surface area (Å²) >= 11 is 0. The van der Waals surface area contributed by atoms with Crippen molar-refractivity contribution in [1.82, 2.24) is 0 Å². The molecule has 1 aliphatic heterocycles. The van der Waals surface area contributed by atoms with Crippen molar-refractivity contribution in [3.63, 3.8) is 0 Å². The van der Waals surface area contributed by atoms with Crippen LogP contribution in [0.4, 0.5) is 0 Å². The van der Waals surface area contributed by atoms with Gasteiger partial charge in [0, 0.05) is 7.11 Å². The fourth-order valence-corrected chi connectivity index (χ4v) is 4.26. The number of methoxy groups -OCH3 is 1. The van der Waals surface area contributed by atoms with Crippen LogP contribution in [0.2, 0.25) is 0 Å². The van der Waals surface area contributed by atoms with Gasteiger partial charge in [0.25, 0.3) is 0 Å². The summed E-state index contributed by atoms with van der Waals surface area (Å²) in [5.74, 6) is 0. The zero-order valence-corrected chi connectivity index (χ0v) is 19.9. The Hall–Kier alpha value is -2.54. The second kappa shape index (κ2) is 12.8. The summed E-state index contributed by atoms with van der Waals surface area (Å²) in [6, 6.07) is 30.4. The summed E-state index contributed by atoms with van der Waals surface area (Å²) in [6.07, 6.45) is -1.07. The minimum Gasteiger partial charge on any atom is -0.368 e. The van der Waals surface area contributed by atoms with E-state index in [0.29, 0.717) is 19.8 Å². The Morgan fingerprint density at radius 1 is 0.588 bits per heavy atom. The molecular formula is C29H34O5. The van der Waals surface area contributed by atoms with E-state index in [4.69, 9.17) is 23.7 Å². The van der Waals surface area contributed by atoms with Gasteiger partial charge in [-0.05, 0) is 23.1 Å². The van der Waals surface area contributed by atoms with Gasteiger partial charge in [-0.2, -0.15) is 0 Å². The monoisotopic (exact) mass is 462 g/mol. The van der Waals surface area contributed by atoms with Crippen LogP contribution < -0.4 is 0 Å². The fraction of sp³-hybridized carbons (Fsp3) is 0.379. The fourth-order valence-electron chi connectivity index (χ4n) is 4.26. The van der Waals surface area contributed by atoms with Gasteiger partial charge in [0.2, 0.25) is 0 Å². The van der Waals surface area contributed by atoms with E-state index in [1.807, 2.05) is 66.7 Å². The number of hydrogen-bond donors (Lipinski definition) is 0. The van der Waals surface area contributed by atoms with Crippen molar-refractivity contribution in [2.45, 2.75) is 63.9 Å². The molecule has 3 aromatic rings. The molecule has 0 saturated carbocycles. The van der Waals surface area contributed by atoms with Crippen molar-refractivity contribution in [3.8, 4) is 0 Å². The predicted octanol–water partition coefficient (Wildman–Crippen LogP) is 5.52. The zero-order chi connectivity index (χ0) is 23.6. The average Bonchev–Trinajstić information content (AvgIpc) is 2.91. The van der Waals surface area contributed by atoms with Gasteiger partial charge in [0.05, 0.1) is 25.9 Å². The topological polar surface area (TPSA) is 46.2 Å². The van der Waals surface area contributed by atoms with Gasteiger partial charge < -0.3 is 23.7 Å². The van der Waals surface area contributed by atoms with Crippen molar-refractivity contribution >= 4 is 0 Å². The highest BCUT2D eigenvalue weighted by atomic mass is 16.7. The van der Waals surface area contributed by atoms with Crippen LogP contribution >= 0.6 is 0 Å². The van der Waals surface area contributed by atoms with E-state index < -0.39 is 12.4 Å². The van der Waals surface area contributed by atoms with Crippen LogP contribution in [-0.2, 0) is 43.5 Å². The molecule has 5 nitrogen and oxygen atoms in total. The molecule has 180 valence electrons. The summed E-state index contributed by atoms with van der Waals surface area (Å²) in [5, 5.41) is 0. The first kappa shape index (κ1) is 24.6. The average molecular weight is 463 g/mol. The Balaban J connectivity index is 1.56. The lowest BCUT2D eigenvalue weighted by atomic mass is 9.96. The number of hydrogen-bond acceptors (Lipinski definition) is 5. The molecule has 0 amide bonds. The van der Waals surface area contributed by atoms with Crippen molar-refractivity contribution in [1.29, 1.82) is 0 Å². The van der Waals surface area contributed by atoms with Crippen LogP contribution in [0.1, 0.15) is 30.0 Å². The first-order chi connectivity index (χ1) is 16.8. The lowest BCUT2D eigenvalue weighted by Gasteiger charge is -2.45. The van der Waals surface area contributed by atoms with Gasteiger partial charge >= 0.3 is 0 Å². The largest absolute Gasteiger partial charge is 0.368 e. The Kier molecular flexibility index (Phi) is 9.25. The Labute approximate surface area is 202 Å². The van der Waals surface area contributed by atoms with Crippen molar-refractivity contribution in [2.24, 2.45) is 0 Å². The molecule has 4 rings (SSSR count). The number of rotatable bonds is 11. The zero-order valence-electron chi connectivity index (χ0n) is 19.9. The molecule has 0 radical (unpaired) electrons. The van der Waals surface area contributed by atoms with E-state index in [2.05, 4.69) is 31.2 Å². The first-order valence-electron chi connectivity index (χ1n) is 11.9. The van der Waals surface area contributed by atoms with Crippen LogP contribution in [0.15, 0.2) is 91.0 Å². The highest BCUT2D eigenvalue weighted by molar-refractivity contribution is 5.15. The SMILES string of the molecule is CCC1O[C@H](OC)C(OCc2ccccc2)[C@@H](OCc2ccccc2)[C@@H]1OCc1ccccc1. The van der Waals surface area contributed by atoms with Gasteiger partial charge in [-0.15, -0.1) is 0 Å². The van der Waals surface area contributed by atoms with Crippen molar-refractivity contribution < 1.29 is 23.7 Å². The molecule has 1 aliphatic rings. The Morgan fingerprint density at radius 2 is 1.00 bits per heavy atom. The summed E-state index contributed by atoms with van der Waals surface area (Å²) in [4.78, 5) is 0. The normalized spacial score (nSPS) is 24.7. The molecular weight excluding hydrogens is 428 g/mol. The standard InChI is InChI=1S/C29H34O5/c1-3-25-26(31-19-22-13-7-4-8-14-22)27(32-20-23-15-9-5-10-16-23)28(29(30-2)34-25)33-21-24-17-11-6-12-18-24/h4-18,25-29H,3,19-21H2,1-2H3/t25?,26-,27+,28?,29+/m1/s1. The Bertz CT molecular complexity index is 893. The van der Waals surface area contributed by atoms with E-state index in [9.17, 15) is 0 Å². The highest BCUT2D eigenvalue weighted by Crippen LogP contribution is 2.32. The Morgan fingerprint density at radius 3 is 1.41 bits per heavy atom. The number of ether oxygens (including phenoxy) is 5. The van der Waals surface area contributed by atoms with E-state index in [0.717, 1.165) is 23.1 Å². The van der Waals surface area contributed by atoms with Crippen LogP contribution in [0, 0.1) is 0 Å². The lowest BCUT2D eigenvalue weighted by molar-refractivity contribution is -0.318. The maximum Gasteiger partial charge on any atom is 0.186 e. The van der Waals surface area contributed by atoms with Gasteiger partial charge in [0.15, 0.2) is 6.29 Å². The predicted molar refractivity (Wildman–Crippen MR) is 131 cm³/mol. The minimum absolute atomic E-state index is 0.175. The minimum atomic E-state index is -0.550. The molecule has 0 spiro atoms. The molecule has 5 atom stereocenters. The maximum atomic E-state index is 6.53. The van der Waals surface area contributed by atoms with Gasteiger partial charge in [-0.25, -0.2) is 0 Å². The molecule has 0 bridgehead atoms. The maximum absolute atomic E-state index is 6.53. The summed E-state index contributed by atoms with van der Waals surface area (Å²) in [5.41, 5.74) is 3.29. The van der Waals surface area contributed by atoms with Crippen molar-refractivity contribution in [3.05, 3.63) is 108 Å². The molecule has 3 aromatic carbocycles. The molecule has 2 unspecified atom stereocenters. The van der Waals surface area contributed by atoms with E-state index in [1.165, 1.54) is 0 Å². The van der Waals surface area contributed by atoms with Crippen LogP contribution in [0.25, 0.3) is 0 Å². The highest BCUT2D eigenvalue weighted by Gasteiger charge is 2.48. The van der Waals surface area contributed by atoms with Crippen LogP contribution in [0.3, 0.4) is 0 Å². The van der Waals surface area contributed by atoms with Gasteiger partial charge in [-0.3, -0.25) is 0 Å². The third-order valence-corrected chi connectivity index (χ3v) is 6.08. The quantitative estimate of drug-likeness (QED) is 0.375. The third kappa shape index (κ3) is 6.53. The van der Waals surface area contributed by atoms with Crippen molar-refractivity contribution in [2.75, 3.05) is 7.11 Å². The van der Waals surface area contributed by atoms with Gasteiger partial charge in [0.1, 0.15) is 18.3 Å². The molecule has 34 heavy (non-hydrogen) atoms. The summed E-state index contributed by atoms with van der Waals surface area (Å²) in [6.45, 7) is 3.45. The summed E-state index contributed by atoms with van der Waals surface area (Å²) in [7, 11) is 1.65. The lowest BCUT2D eigenvalue weighted by Crippen LogP contribution is -2.60. The smallest absolute Gasteiger partial charge is 0.186 e. The van der Waals surface area contributed by atoms with Crippen LogP contribution in [0.5, 0.6) is 0 Å². The molecule has 1 saturated heterocycles.